The Kier molecular flexibility index (Phi) is 3.99. The van der Waals surface area contributed by atoms with Gasteiger partial charge in [-0.05, 0) is 51.0 Å². The van der Waals surface area contributed by atoms with Crippen LogP contribution in [0.15, 0.2) is 36.5 Å². The normalized spacial score (nSPS) is 17.8. The second kappa shape index (κ2) is 6.31. The van der Waals surface area contributed by atoms with Gasteiger partial charge in [-0.2, -0.15) is 5.10 Å². The Morgan fingerprint density at radius 1 is 1.24 bits per heavy atom. The molecule has 2 aromatic heterocycles. The molecule has 1 N–H and O–H groups in total. The molecule has 0 unspecified atom stereocenters. The van der Waals surface area contributed by atoms with E-state index in [0.717, 1.165) is 48.2 Å². The van der Waals surface area contributed by atoms with Crippen LogP contribution in [0.2, 0.25) is 0 Å². The largest absolute Gasteiger partial charge is 0.338 e. The third-order valence-electron chi connectivity index (χ3n) is 5.06. The summed E-state index contributed by atoms with van der Waals surface area (Å²) >= 11 is 0. The smallest absolute Gasteiger partial charge is 0.255 e. The minimum atomic E-state index is 0.0811. The topological polar surface area (TPSA) is 61.9 Å². The first-order chi connectivity index (χ1) is 12.1. The fourth-order valence-electron chi connectivity index (χ4n) is 3.69. The Labute approximate surface area is 147 Å². The number of pyridine rings is 1. The van der Waals surface area contributed by atoms with Crippen LogP contribution in [0.3, 0.4) is 0 Å². The van der Waals surface area contributed by atoms with E-state index < -0.39 is 0 Å². The SMILES string of the molecule is Cc1ccc2nc(C)c(C(=O)N3CCC[C@@H](c4ccn[nH]4)C3)cc2c1. The molecule has 1 amide bonds. The van der Waals surface area contributed by atoms with Crippen molar-refractivity contribution in [2.24, 2.45) is 0 Å². The van der Waals surface area contributed by atoms with Crippen molar-refractivity contribution in [3.8, 4) is 0 Å². The van der Waals surface area contributed by atoms with E-state index in [2.05, 4.69) is 34.2 Å². The van der Waals surface area contributed by atoms with Crippen LogP contribution in [0.1, 0.15) is 46.1 Å². The number of benzene rings is 1. The molecule has 0 spiro atoms. The zero-order valence-electron chi connectivity index (χ0n) is 14.6. The zero-order chi connectivity index (χ0) is 17.4. The Morgan fingerprint density at radius 2 is 2.12 bits per heavy atom. The number of rotatable bonds is 2. The number of amides is 1. The van der Waals surface area contributed by atoms with Gasteiger partial charge in [0.05, 0.1) is 16.8 Å². The highest BCUT2D eigenvalue weighted by Gasteiger charge is 2.27. The van der Waals surface area contributed by atoms with E-state index in [1.54, 1.807) is 6.20 Å². The number of carbonyl (C=O) groups is 1. The third-order valence-corrected chi connectivity index (χ3v) is 5.06. The summed E-state index contributed by atoms with van der Waals surface area (Å²) < 4.78 is 0. The highest BCUT2D eigenvalue weighted by molar-refractivity contribution is 5.98. The van der Waals surface area contributed by atoms with Gasteiger partial charge in [-0.15, -0.1) is 0 Å². The lowest BCUT2D eigenvalue weighted by molar-refractivity contribution is 0.0705. The number of likely N-dealkylation sites (tertiary alicyclic amines) is 1. The van der Waals surface area contributed by atoms with Gasteiger partial charge in [-0.1, -0.05) is 11.6 Å². The van der Waals surface area contributed by atoms with Crippen molar-refractivity contribution in [2.75, 3.05) is 13.1 Å². The number of aryl methyl sites for hydroxylation is 2. The predicted octanol–water partition coefficient (Wildman–Crippen LogP) is 3.59. The molecule has 1 fully saturated rings. The van der Waals surface area contributed by atoms with Gasteiger partial charge < -0.3 is 4.90 Å². The molecule has 5 heteroatoms. The summed E-state index contributed by atoms with van der Waals surface area (Å²) in [5.74, 6) is 0.411. The Bertz CT molecular complexity index is 917. The molecule has 0 bridgehead atoms. The second-order valence-electron chi connectivity index (χ2n) is 6.92. The van der Waals surface area contributed by atoms with Gasteiger partial charge in [0.2, 0.25) is 0 Å². The molecule has 0 radical (unpaired) electrons. The van der Waals surface area contributed by atoms with Gasteiger partial charge in [0.25, 0.3) is 5.91 Å². The number of aromatic amines is 1. The van der Waals surface area contributed by atoms with E-state index in [1.807, 2.05) is 30.0 Å². The highest BCUT2D eigenvalue weighted by atomic mass is 16.2. The number of hydrogen-bond donors (Lipinski definition) is 1. The van der Waals surface area contributed by atoms with Gasteiger partial charge in [-0.3, -0.25) is 14.9 Å². The van der Waals surface area contributed by atoms with Crippen molar-refractivity contribution >= 4 is 16.8 Å². The first-order valence-electron chi connectivity index (χ1n) is 8.78. The number of piperidine rings is 1. The van der Waals surface area contributed by atoms with E-state index in [1.165, 1.54) is 5.56 Å². The quantitative estimate of drug-likeness (QED) is 0.779. The summed E-state index contributed by atoms with van der Waals surface area (Å²) in [6, 6.07) is 10.1. The Hall–Kier alpha value is -2.69. The number of H-pyrrole nitrogens is 1. The molecule has 1 aliphatic heterocycles. The molecule has 1 saturated heterocycles. The monoisotopic (exact) mass is 334 g/mol. The Morgan fingerprint density at radius 3 is 2.92 bits per heavy atom. The molecule has 3 aromatic rings. The summed E-state index contributed by atoms with van der Waals surface area (Å²) in [5.41, 5.74) is 4.73. The van der Waals surface area contributed by atoms with Gasteiger partial charge >= 0.3 is 0 Å². The van der Waals surface area contributed by atoms with Crippen molar-refractivity contribution in [3.05, 3.63) is 59.0 Å². The maximum atomic E-state index is 13.1. The van der Waals surface area contributed by atoms with Gasteiger partial charge in [0.15, 0.2) is 0 Å². The van der Waals surface area contributed by atoms with Crippen LogP contribution in [0.5, 0.6) is 0 Å². The number of nitrogens with one attached hydrogen (secondary N) is 1. The van der Waals surface area contributed by atoms with Crippen LogP contribution in [-0.4, -0.2) is 39.1 Å². The maximum absolute atomic E-state index is 13.1. The van der Waals surface area contributed by atoms with E-state index in [-0.39, 0.29) is 5.91 Å². The second-order valence-corrected chi connectivity index (χ2v) is 6.92. The fraction of sp³-hybridized carbons (Fsp3) is 0.350. The summed E-state index contributed by atoms with van der Waals surface area (Å²) in [7, 11) is 0. The van der Waals surface area contributed by atoms with Crippen LogP contribution in [0, 0.1) is 13.8 Å². The van der Waals surface area contributed by atoms with Gasteiger partial charge in [-0.25, -0.2) is 0 Å². The van der Waals surface area contributed by atoms with E-state index in [0.29, 0.717) is 11.5 Å². The number of aromatic nitrogens is 3. The zero-order valence-corrected chi connectivity index (χ0v) is 14.6. The van der Waals surface area contributed by atoms with Gasteiger partial charge in [0.1, 0.15) is 0 Å². The average Bonchev–Trinajstić information content (AvgIpc) is 3.16. The van der Waals surface area contributed by atoms with Gasteiger partial charge in [0, 0.05) is 36.3 Å². The molecule has 1 atom stereocenters. The average molecular weight is 334 g/mol. The standard InChI is InChI=1S/C20H22N4O/c1-13-5-6-18-16(10-13)11-17(14(2)22-18)20(25)24-9-3-4-15(12-24)19-7-8-21-23-19/h5-8,10-11,15H,3-4,9,12H2,1-2H3,(H,21,23)/t15-/m1/s1. The lowest BCUT2D eigenvalue weighted by atomic mass is 9.94. The number of carbonyl (C=O) groups excluding carboxylic acids is 1. The molecule has 128 valence electrons. The van der Waals surface area contributed by atoms with Crippen LogP contribution in [0.4, 0.5) is 0 Å². The predicted molar refractivity (Wildman–Crippen MR) is 97.7 cm³/mol. The minimum Gasteiger partial charge on any atom is -0.338 e. The summed E-state index contributed by atoms with van der Waals surface area (Å²) in [4.78, 5) is 19.7. The van der Waals surface area contributed by atoms with Crippen LogP contribution >= 0.6 is 0 Å². The molecular formula is C20H22N4O. The number of nitrogens with zero attached hydrogens (tertiary/aromatic N) is 3. The number of hydrogen-bond acceptors (Lipinski definition) is 3. The molecule has 0 saturated carbocycles. The van der Waals surface area contributed by atoms with Crippen LogP contribution in [0.25, 0.3) is 10.9 Å². The van der Waals surface area contributed by atoms with Crippen LogP contribution in [-0.2, 0) is 0 Å². The highest BCUT2D eigenvalue weighted by Crippen LogP contribution is 2.27. The summed E-state index contributed by atoms with van der Waals surface area (Å²) in [6.45, 7) is 5.50. The molecule has 25 heavy (non-hydrogen) atoms. The maximum Gasteiger partial charge on any atom is 0.255 e. The first-order valence-corrected chi connectivity index (χ1v) is 8.78. The lowest BCUT2D eigenvalue weighted by Gasteiger charge is -2.32. The van der Waals surface area contributed by atoms with E-state index in [4.69, 9.17) is 0 Å². The Balaban J connectivity index is 1.63. The van der Waals surface area contributed by atoms with Crippen molar-refractivity contribution in [2.45, 2.75) is 32.6 Å². The molecule has 1 aliphatic rings. The lowest BCUT2D eigenvalue weighted by Crippen LogP contribution is -2.39. The molecule has 0 aliphatic carbocycles. The molecular weight excluding hydrogens is 312 g/mol. The molecule has 1 aromatic carbocycles. The van der Waals surface area contributed by atoms with Crippen molar-refractivity contribution in [1.29, 1.82) is 0 Å². The first kappa shape index (κ1) is 15.8. The summed E-state index contributed by atoms with van der Waals surface area (Å²) in [6.07, 6.45) is 3.87. The van der Waals surface area contributed by atoms with Crippen molar-refractivity contribution in [3.63, 3.8) is 0 Å². The van der Waals surface area contributed by atoms with E-state index in [9.17, 15) is 4.79 Å². The van der Waals surface area contributed by atoms with Crippen LogP contribution < -0.4 is 0 Å². The number of fused-ring (bicyclic) bond motifs is 1. The molecule has 3 heterocycles. The minimum absolute atomic E-state index is 0.0811. The van der Waals surface area contributed by atoms with E-state index >= 15 is 0 Å². The molecule has 4 rings (SSSR count). The summed E-state index contributed by atoms with van der Waals surface area (Å²) in [5, 5.41) is 8.12. The third kappa shape index (κ3) is 3.02. The van der Waals surface area contributed by atoms with Crippen molar-refractivity contribution < 1.29 is 4.79 Å². The molecule has 5 nitrogen and oxygen atoms in total. The van der Waals surface area contributed by atoms with Crippen molar-refractivity contribution in [1.82, 2.24) is 20.1 Å². The fourth-order valence-corrected chi connectivity index (χ4v) is 3.69.